The van der Waals surface area contributed by atoms with E-state index >= 15 is 0 Å². The Morgan fingerprint density at radius 3 is 2.52 bits per heavy atom. The molecule has 2 heterocycles. The van der Waals surface area contributed by atoms with Crippen molar-refractivity contribution < 1.29 is 0 Å². The molecule has 1 aliphatic rings. The average Bonchev–Trinajstić information content (AvgIpc) is 2.75. The standard InChI is InChI=1S/C18H31N3/c1-7-19-12-14-10-15(17(2,3)4)20-16(11-14)21-9-8-18(5,6)13-21/h10-11,19H,7-9,12-13H2,1-6H3. The Kier molecular flexibility index (Phi) is 4.62. The SMILES string of the molecule is CCNCc1cc(N2CCC(C)(C)C2)nc(C(C)(C)C)c1. The molecular weight excluding hydrogens is 258 g/mol. The van der Waals surface area contributed by atoms with Gasteiger partial charge in [-0.05, 0) is 36.1 Å². The van der Waals surface area contributed by atoms with Crippen LogP contribution < -0.4 is 10.2 Å². The lowest BCUT2D eigenvalue weighted by molar-refractivity contribution is 0.418. The van der Waals surface area contributed by atoms with Crippen molar-refractivity contribution in [2.75, 3.05) is 24.5 Å². The third kappa shape index (κ3) is 4.19. The molecule has 0 radical (unpaired) electrons. The second-order valence-corrected chi connectivity index (χ2v) is 8.08. The number of anilines is 1. The maximum atomic E-state index is 4.96. The van der Waals surface area contributed by atoms with Crippen LogP contribution in [0.4, 0.5) is 5.82 Å². The fraction of sp³-hybridized carbons (Fsp3) is 0.722. The summed E-state index contributed by atoms with van der Waals surface area (Å²) in [6.45, 7) is 17.7. The second kappa shape index (κ2) is 5.96. The molecule has 21 heavy (non-hydrogen) atoms. The predicted octanol–water partition coefficient (Wildman–Crippen LogP) is 3.72. The first kappa shape index (κ1) is 16.3. The molecular formula is C18H31N3. The molecule has 3 heteroatoms. The summed E-state index contributed by atoms with van der Waals surface area (Å²) < 4.78 is 0. The van der Waals surface area contributed by atoms with E-state index in [1.165, 1.54) is 17.7 Å². The highest BCUT2D eigenvalue weighted by Crippen LogP contribution is 2.33. The molecule has 1 saturated heterocycles. The Labute approximate surface area is 130 Å². The van der Waals surface area contributed by atoms with Crippen LogP contribution in [0.2, 0.25) is 0 Å². The van der Waals surface area contributed by atoms with E-state index in [1.807, 2.05) is 0 Å². The van der Waals surface area contributed by atoms with E-state index in [1.54, 1.807) is 0 Å². The highest BCUT2D eigenvalue weighted by atomic mass is 15.2. The maximum Gasteiger partial charge on any atom is 0.129 e. The van der Waals surface area contributed by atoms with Gasteiger partial charge < -0.3 is 10.2 Å². The number of nitrogens with zero attached hydrogens (tertiary/aromatic N) is 2. The largest absolute Gasteiger partial charge is 0.356 e. The maximum absolute atomic E-state index is 4.96. The molecule has 1 aromatic rings. The van der Waals surface area contributed by atoms with Crippen LogP contribution in [0.1, 0.15) is 59.2 Å². The number of hydrogen-bond donors (Lipinski definition) is 1. The molecule has 0 aliphatic carbocycles. The van der Waals surface area contributed by atoms with Crippen LogP contribution in [-0.2, 0) is 12.0 Å². The van der Waals surface area contributed by atoms with Crippen molar-refractivity contribution >= 4 is 5.82 Å². The molecule has 0 saturated carbocycles. The minimum atomic E-state index is 0.0895. The number of aromatic nitrogens is 1. The lowest BCUT2D eigenvalue weighted by atomic mass is 9.90. The van der Waals surface area contributed by atoms with E-state index in [0.717, 1.165) is 32.0 Å². The quantitative estimate of drug-likeness (QED) is 0.915. The molecule has 0 bridgehead atoms. The fourth-order valence-electron chi connectivity index (χ4n) is 2.80. The van der Waals surface area contributed by atoms with Gasteiger partial charge in [0.25, 0.3) is 0 Å². The molecule has 1 aromatic heterocycles. The molecule has 0 aromatic carbocycles. The summed E-state index contributed by atoms with van der Waals surface area (Å²) in [5, 5.41) is 3.43. The minimum Gasteiger partial charge on any atom is -0.356 e. The van der Waals surface area contributed by atoms with Crippen LogP contribution in [0, 0.1) is 5.41 Å². The van der Waals surface area contributed by atoms with Gasteiger partial charge in [-0.1, -0.05) is 41.5 Å². The van der Waals surface area contributed by atoms with Crippen LogP contribution in [0.3, 0.4) is 0 Å². The Balaban J connectivity index is 2.31. The zero-order valence-electron chi connectivity index (χ0n) is 14.6. The molecule has 0 unspecified atom stereocenters. The van der Waals surface area contributed by atoms with Gasteiger partial charge in [-0.15, -0.1) is 0 Å². The van der Waals surface area contributed by atoms with Crippen LogP contribution >= 0.6 is 0 Å². The van der Waals surface area contributed by atoms with E-state index in [4.69, 9.17) is 4.98 Å². The summed E-state index contributed by atoms with van der Waals surface area (Å²) in [6.07, 6.45) is 1.25. The van der Waals surface area contributed by atoms with E-state index in [0.29, 0.717) is 5.41 Å². The van der Waals surface area contributed by atoms with Gasteiger partial charge >= 0.3 is 0 Å². The first-order chi connectivity index (χ1) is 9.71. The van der Waals surface area contributed by atoms with Crippen molar-refractivity contribution in [2.45, 2.75) is 59.9 Å². The van der Waals surface area contributed by atoms with Crippen LogP contribution in [0.5, 0.6) is 0 Å². The predicted molar refractivity (Wildman–Crippen MR) is 90.9 cm³/mol. The number of pyridine rings is 1. The molecule has 0 amide bonds. The zero-order chi connectivity index (χ0) is 15.7. The Bertz CT molecular complexity index is 486. The highest BCUT2D eigenvalue weighted by molar-refractivity contribution is 5.45. The van der Waals surface area contributed by atoms with Crippen molar-refractivity contribution in [3.05, 3.63) is 23.4 Å². The Morgan fingerprint density at radius 2 is 2.00 bits per heavy atom. The Hall–Kier alpha value is -1.09. The van der Waals surface area contributed by atoms with Crippen molar-refractivity contribution in [1.82, 2.24) is 10.3 Å². The second-order valence-electron chi connectivity index (χ2n) is 8.08. The smallest absolute Gasteiger partial charge is 0.129 e. The summed E-state index contributed by atoms with van der Waals surface area (Å²) >= 11 is 0. The van der Waals surface area contributed by atoms with E-state index < -0.39 is 0 Å². The molecule has 1 N–H and O–H groups in total. The topological polar surface area (TPSA) is 28.2 Å². The van der Waals surface area contributed by atoms with Gasteiger partial charge in [0.15, 0.2) is 0 Å². The molecule has 1 aliphatic heterocycles. The van der Waals surface area contributed by atoms with E-state index in [-0.39, 0.29) is 5.41 Å². The minimum absolute atomic E-state index is 0.0895. The fourth-order valence-corrected chi connectivity index (χ4v) is 2.80. The summed E-state index contributed by atoms with van der Waals surface area (Å²) in [5.41, 5.74) is 3.03. The summed E-state index contributed by atoms with van der Waals surface area (Å²) in [5.74, 6) is 1.15. The lowest BCUT2D eigenvalue weighted by Crippen LogP contribution is -2.26. The van der Waals surface area contributed by atoms with E-state index in [2.05, 4.69) is 63.9 Å². The van der Waals surface area contributed by atoms with E-state index in [9.17, 15) is 0 Å². The van der Waals surface area contributed by atoms with Crippen LogP contribution in [0.25, 0.3) is 0 Å². The Morgan fingerprint density at radius 1 is 1.29 bits per heavy atom. The van der Waals surface area contributed by atoms with Gasteiger partial charge in [-0.3, -0.25) is 0 Å². The van der Waals surface area contributed by atoms with Gasteiger partial charge in [0.2, 0.25) is 0 Å². The molecule has 118 valence electrons. The number of hydrogen-bond acceptors (Lipinski definition) is 3. The van der Waals surface area contributed by atoms with Crippen molar-refractivity contribution in [1.29, 1.82) is 0 Å². The van der Waals surface area contributed by atoms with Crippen LogP contribution in [-0.4, -0.2) is 24.6 Å². The highest BCUT2D eigenvalue weighted by Gasteiger charge is 2.30. The van der Waals surface area contributed by atoms with Gasteiger partial charge in [0.05, 0.1) is 0 Å². The summed E-state index contributed by atoms with van der Waals surface area (Å²) in [6, 6.07) is 4.52. The average molecular weight is 289 g/mol. The number of nitrogens with one attached hydrogen (secondary N) is 1. The normalized spacial score (nSPS) is 18.3. The molecule has 0 spiro atoms. The molecule has 2 rings (SSSR count). The zero-order valence-corrected chi connectivity index (χ0v) is 14.6. The van der Waals surface area contributed by atoms with Crippen molar-refractivity contribution in [3.63, 3.8) is 0 Å². The summed E-state index contributed by atoms with van der Waals surface area (Å²) in [7, 11) is 0. The number of rotatable bonds is 4. The summed E-state index contributed by atoms with van der Waals surface area (Å²) in [4.78, 5) is 7.41. The molecule has 1 fully saturated rings. The lowest BCUT2D eigenvalue weighted by Gasteiger charge is -2.25. The third-order valence-electron chi connectivity index (χ3n) is 4.22. The molecule has 0 atom stereocenters. The third-order valence-corrected chi connectivity index (χ3v) is 4.22. The molecule has 3 nitrogen and oxygen atoms in total. The first-order valence-electron chi connectivity index (χ1n) is 8.18. The van der Waals surface area contributed by atoms with Gasteiger partial charge in [-0.25, -0.2) is 4.98 Å². The van der Waals surface area contributed by atoms with Crippen LogP contribution in [0.15, 0.2) is 12.1 Å². The monoisotopic (exact) mass is 289 g/mol. The van der Waals surface area contributed by atoms with Crippen molar-refractivity contribution in [2.24, 2.45) is 5.41 Å². The van der Waals surface area contributed by atoms with Gasteiger partial charge in [0.1, 0.15) is 5.82 Å². The van der Waals surface area contributed by atoms with Gasteiger partial charge in [-0.2, -0.15) is 0 Å². The first-order valence-corrected chi connectivity index (χ1v) is 8.18. The van der Waals surface area contributed by atoms with Gasteiger partial charge in [0, 0.05) is 30.7 Å². The van der Waals surface area contributed by atoms with Crippen molar-refractivity contribution in [3.8, 4) is 0 Å².